The fraction of sp³-hybridized carbons (Fsp3) is 0.294. The van der Waals surface area contributed by atoms with Crippen molar-refractivity contribution < 1.29 is 14.0 Å². The zero-order valence-electron chi connectivity index (χ0n) is 14.0. The Labute approximate surface area is 200 Å². The molecule has 0 spiro atoms. The molecule has 130 valence electrons. The second kappa shape index (κ2) is 10.3. The number of aromatic nitrogens is 3. The van der Waals surface area contributed by atoms with Crippen LogP contribution in [0.25, 0.3) is 11.0 Å². The molecular formula is C17H21N3Na2O3S. The fourth-order valence-electron chi connectivity index (χ4n) is 2.61. The number of pyridine rings is 1. The first-order chi connectivity index (χ1) is 11.5. The summed E-state index contributed by atoms with van der Waals surface area (Å²) in [5.41, 5.74) is 4.16. The van der Waals surface area contributed by atoms with E-state index in [4.69, 9.17) is 9.47 Å². The number of nitrogens with zero attached hydrogens (tertiary/aromatic N) is 2. The molecule has 1 aromatic carbocycles. The quantitative estimate of drug-likeness (QED) is 0.526. The minimum atomic E-state index is -1.33. The molecule has 0 aliphatic heterocycles. The van der Waals surface area contributed by atoms with Gasteiger partial charge in [-0.1, -0.05) is 0 Å². The average molecular weight is 393 g/mol. The van der Waals surface area contributed by atoms with Crippen LogP contribution >= 0.6 is 0 Å². The Morgan fingerprint density at radius 2 is 1.88 bits per heavy atom. The molecule has 2 aromatic heterocycles. The van der Waals surface area contributed by atoms with Gasteiger partial charge in [-0.3, -0.25) is 9.97 Å². The zero-order chi connectivity index (χ0) is 17.3. The molecule has 9 heteroatoms. The first kappa shape index (κ1) is 23.8. The summed E-state index contributed by atoms with van der Waals surface area (Å²) in [6, 6.07) is 5.51. The van der Waals surface area contributed by atoms with Crippen molar-refractivity contribution in [2.24, 2.45) is 0 Å². The van der Waals surface area contributed by atoms with Crippen molar-refractivity contribution in [3.8, 4) is 11.5 Å². The van der Waals surface area contributed by atoms with E-state index in [0.29, 0.717) is 10.9 Å². The summed E-state index contributed by atoms with van der Waals surface area (Å²) in [5, 5.41) is 0.430. The second-order valence-corrected chi connectivity index (χ2v) is 6.83. The predicted octanol–water partition coefficient (Wildman–Crippen LogP) is 1.60. The normalized spacial score (nSPS) is 11.4. The predicted molar refractivity (Wildman–Crippen MR) is 107 cm³/mol. The Kier molecular flexibility index (Phi) is 9.46. The first-order valence-corrected chi connectivity index (χ1v) is 8.76. The number of hydrogen-bond acceptors (Lipinski definition) is 5. The van der Waals surface area contributed by atoms with Crippen molar-refractivity contribution in [1.82, 2.24) is 15.0 Å². The van der Waals surface area contributed by atoms with Gasteiger partial charge in [0.15, 0.2) is 5.75 Å². The van der Waals surface area contributed by atoms with Crippen molar-refractivity contribution in [3.05, 3.63) is 41.2 Å². The molecule has 0 aliphatic carbocycles. The van der Waals surface area contributed by atoms with Crippen LogP contribution in [0.3, 0.4) is 0 Å². The van der Waals surface area contributed by atoms with E-state index in [-0.39, 0.29) is 64.9 Å². The number of methoxy groups -OCH3 is 2. The van der Waals surface area contributed by atoms with Crippen molar-refractivity contribution >= 4 is 81.3 Å². The van der Waals surface area contributed by atoms with Crippen molar-refractivity contribution in [3.63, 3.8) is 0 Å². The van der Waals surface area contributed by atoms with Crippen LogP contribution in [0, 0.1) is 13.8 Å². The third-order valence-corrected chi connectivity index (χ3v) is 5.06. The molecular weight excluding hydrogens is 372 g/mol. The molecule has 0 radical (unpaired) electrons. The van der Waals surface area contributed by atoms with Crippen LogP contribution in [-0.4, -0.2) is 92.8 Å². The second-order valence-electron chi connectivity index (χ2n) is 5.46. The standard InChI is InChI=1S/C17H19N3O3S.2Na.2H/c1-10-8-18-15(11(2)16(10)23-4)9-24(21)17-19-13-6-5-12(22-3)7-14(13)20-17;;;;/h5-8H,9H2,1-4H3,(H,19,20);;;;. The SMILES string of the molecule is COc1ccc2[nH]c([S+]([O-])Cc3ncc(C)c(OC)c3C)nc2c1.[NaH].[NaH]. The van der Waals surface area contributed by atoms with Gasteiger partial charge in [-0.2, -0.15) is 4.98 Å². The summed E-state index contributed by atoms with van der Waals surface area (Å²) in [7, 11) is 3.23. The number of ether oxygens (including phenoxy) is 2. The molecule has 0 saturated carbocycles. The molecule has 0 saturated heterocycles. The number of benzene rings is 1. The zero-order valence-corrected chi connectivity index (χ0v) is 14.9. The van der Waals surface area contributed by atoms with Gasteiger partial charge >= 0.3 is 64.3 Å². The van der Waals surface area contributed by atoms with E-state index in [1.807, 2.05) is 32.0 Å². The van der Waals surface area contributed by atoms with E-state index in [0.717, 1.165) is 33.6 Å². The minimum absolute atomic E-state index is 0. The van der Waals surface area contributed by atoms with Gasteiger partial charge in [0, 0.05) is 34.6 Å². The van der Waals surface area contributed by atoms with Crippen molar-refractivity contribution in [2.45, 2.75) is 24.8 Å². The summed E-state index contributed by atoms with van der Waals surface area (Å²) in [6.45, 7) is 3.86. The molecule has 3 rings (SSSR count). The summed E-state index contributed by atoms with van der Waals surface area (Å²) in [5.74, 6) is 1.78. The topological polar surface area (TPSA) is 83.1 Å². The number of hydrogen-bond donors (Lipinski definition) is 1. The number of fused-ring (bicyclic) bond motifs is 1. The van der Waals surface area contributed by atoms with E-state index in [2.05, 4.69) is 15.0 Å². The summed E-state index contributed by atoms with van der Waals surface area (Å²) >= 11 is -1.33. The third kappa shape index (κ3) is 4.97. The van der Waals surface area contributed by atoms with E-state index >= 15 is 0 Å². The molecule has 3 aromatic rings. The number of aryl methyl sites for hydroxylation is 1. The molecule has 1 unspecified atom stereocenters. The molecule has 1 atom stereocenters. The first-order valence-electron chi connectivity index (χ1n) is 7.44. The molecule has 6 nitrogen and oxygen atoms in total. The number of H-pyrrole nitrogens is 1. The Balaban J connectivity index is 0.00000169. The van der Waals surface area contributed by atoms with E-state index < -0.39 is 11.2 Å². The van der Waals surface area contributed by atoms with Crippen LogP contribution in [0.5, 0.6) is 11.5 Å². The number of nitrogens with one attached hydrogen (secondary N) is 1. The number of rotatable bonds is 5. The molecule has 26 heavy (non-hydrogen) atoms. The van der Waals surface area contributed by atoms with Gasteiger partial charge < -0.3 is 14.0 Å². The van der Waals surface area contributed by atoms with Gasteiger partial charge in [0.25, 0.3) is 0 Å². The maximum absolute atomic E-state index is 12.7. The summed E-state index contributed by atoms with van der Waals surface area (Å²) < 4.78 is 23.3. The van der Waals surface area contributed by atoms with Crippen LogP contribution < -0.4 is 9.47 Å². The summed E-state index contributed by atoms with van der Waals surface area (Å²) in [6.07, 6.45) is 1.74. The van der Waals surface area contributed by atoms with Crippen molar-refractivity contribution in [1.29, 1.82) is 0 Å². The molecule has 0 amide bonds. The van der Waals surface area contributed by atoms with E-state index in [1.54, 1.807) is 20.4 Å². The van der Waals surface area contributed by atoms with Gasteiger partial charge in [-0.25, -0.2) is 0 Å². The monoisotopic (exact) mass is 393 g/mol. The Hall–Kier alpha value is -0.250. The average Bonchev–Trinajstić information content (AvgIpc) is 3.01. The van der Waals surface area contributed by atoms with Gasteiger partial charge in [0.2, 0.25) is 0 Å². The van der Waals surface area contributed by atoms with E-state index in [1.165, 1.54) is 0 Å². The molecule has 0 aliphatic rings. The molecule has 1 N–H and O–H groups in total. The van der Waals surface area contributed by atoms with E-state index in [9.17, 15) is 4.55 Å². The van der Waals surface area contributed by atoms with Crippen LogP contribution in [0.4, 0.5) is 0 Å². The fourth-order valence-corrected chi connectivity index (χ4v) is 3.71. The van der Waals surface area contributed by atoms with Gasteiger partial charge in [0.1, 0.15) is 11.5 Å². The molecule has 2 heterocycles. The van der Waals surface area contributed by atoms with Gasteiger partial charge in [0.05, 0.1) is 30.9 Å². The van der Waals surface area contributed by atoms with Gasteiger partial charge in [-0.15, -0.1) is 0 Å². The van der Waals surface area contributed by atoms with Crippen LogP contribution in [0.1, 0.15) is 16.8 Å². The van der Waals surface area contributed by atoms with Crippen molar-refractivity contribution in [2.75, 3.05) is 14.2 Å². The van der Waals surface area contributed by atoms with Crippen LogP contribution in [-0.2, 0) is 16.9 Å². The number of imidazole rings is 1. The Morgan fingerprint density at radius 3 is 2.54 bits per heavy atom. The summed E-state index contributed by atoms with van der Waals surface area (Å²) in [4.78, 5) is 11.9. The molecule has 0 fully saturated rings. The third-order valence-electron chi connectivity index (χ3n) is 3.90. The Morgan fingerprint density at radius 1 is 1.15 bits per heavy atom. The van der Waals surface area contributed by atoms with Crippen LogP contribution in [0.2, 0.25) is 0 Å². The Bertz CT molecular complexity index is 889. The maximum atomic E-state index is 12.7. The van der Waals surface area contributed by atoms with Gasteiger partial charge in [-0.05, 0) is 26.0 Å². The van der Waals surface area contributed by atoms with Crippen LogP contribution in [0.15, 0.2) is 29.6 Å². The molecule has 0 bridgehead atoms. The number of aromatic amines is 1.